The van der Waals surface area contributed by atoms with Gasteiger partial charge in [-0.3, -0.25) is 10.1 Å². The third-order valence-corrected chi connectivity index (χ3v) is 4.09. The number of benzene rings is 2. The standard InChI is InChI=1S/C17H14FN3O3S/c1-23-12-8-6-11(7-9-12)16-20-21-17(25-16)19-15(22)10-24-14-5-3-2-4-13(14)18/h2-9H,10H2,1H3,(H,19,21,22). The molecule has 0 aliphatic carbocycles. The van der Waals surface area contributed by atoms with Crippen molar-refractivity contribution < 1.29 is 18.7 Å². The fraction of sp³-hybridized carbons (Fsp3) is 0.118. The molecule has 0 saturated heterocycles. The normalized spacial score (nSPS) is 10.3. The van der Waals surface area contributed by atoms with Gasteiger partial charge in [-0.2, -0.15) is 0 Å². The second-order valence-electron chi connectivity index (χ2n) is 4.91. The van der Waals surface area contributed by atoms with E-state index in [0.29, 0.717) is 10.1 Å². The van der Waals surface area contributed by atoms with E-state index in [1.165, 1.54) is 23.5 Å². The summed E-state index contributed by atoms with van der Waals surface area (Å²) in [5, 5.41) is 11.5. The summed E-state index contributed by atoms with van der Waals surface area (Å²) >= 11 is 1.23. The zero-order valence-corrected chi connectivity index (χ0v) is 14.0. The van der Waals surface area contributed by atoms with Gasteiger partial charge in [0.05, 0.1) is 7.11 Å². The number of carbonyl (C=O) groups is 1. The molecule has 0 radical (unpaired) electrons. The molecule has 1 aromatic heterocycles. The van der Waals surface area contributed by atoms with Gasteiger partial charge in [-0.15, -0.1) is 10.2 Å². The van der Waals surface area contributed by atoms with Crippen molar-refractivity contribution in [2.75, 3.05) is 19.0 Å². The molecule has 6 nitrogen and oxygen atoms in total. The van der Waals surface area contributed by atoms with Crippen LogP contribution in [-0.2, 0) is 4.79 Å². The van der Waals surface area contributed by atoms with Gasteiger partial charge in [0.15, 0.2) is 18.2 Å². The first-order chi connectivity index (χ1) is 12.2. The number of rotatable bonds is 6. The number of para-hydroxylation sites is 1. The Morgan fingerprint density at radius 1 is 1.16 bits per heavy atom. The molecule has 0 saturated carbocycles. The van der Waals surface area contributed by atoms with Crippen molar-refractivity contribution in [2.24, 2.45) is 0 Å². The summed E-state index contributed by atoms with van der Waals surface area (Å²) in [5.41, 5.74) is 0.862. The van der Waals surface area contributed by atoms with Crippen LogP contribution in [-0.4, -0.2) is 29.8 Å². The molecule has 0 unspecified atom stereocenters. The maximum atomic E-state index is 13.4. The van der Waals surface area contributed by atoms with E-state index < -0.39 is 11.7 Å². The van der Waals surface area contributed by atoms with Crippen LogP contribution in [0.5, 0.6) is 11.5 Å². The van der Waals surface area contributed by atoms with Gasteiger partial charge >= 0.3 is 0 Å². The lowest BCUT2D eigenvalue weighted by Crippen LogP contribution is -2.20. The van der Waals surface area contributed by atoms with Gasteiger partial charge in [0, 0.05) is 5.56 Å². The van der Waals surface area contributed by atoms with Crippen molar-refractivity contribution in [3.05, 3.63) is 54.3 Å². The molecule has 0 aliphatic rings. The summed E-state index contributed by atoms with van der Waals surface area (Å²) < 4.78 is 23.7. The van der Waals surface area contributed by atoms with Crippen LogP contribution in [0.3, 0.4) is 0 Å². The molecule has 0 fully saturated rings. The maximum Gasteiger partial charge on any atom is 0.264 e. The van der Waals surface area contributed by atoms with Gasteiger partial charge < -0.3 is 9.47 Å². The van der Waals surface area contributed by atoms with Gasteiger partial charge in [-0.05, 0) is 36.4 Å². The summed E-state index contributed by atoms with van der Waals surface area (Å²) in [7, 11) is 1.59. The molecule has 3 rings (SSSR count). The second-order valence-corrected chi connectivity index (χ2v) is 5.89. The monoisotopic (exact) mass is 359 g/mol. The number of amides is 1. The van der Waals surface area contributed by atoms with Crippen molar-refractivity contribution in [1.29, 1.82) is 0 Å². The summed E-state index contributed by atoms with van der Waals surface area (Å²) in [5.74, 6) is -0.199. The number of ether oxygens (including phenoxy) is 2. The average molecular weight is 359 g/mol. The molecule has 0 aliphatic heterocycles. The summed E-state index contributed by atoms with van der Waals surface area (Å²) in [6, 6.07) is 13.2. The van der Waals surface area contributed by atoms with E-state index in [9.17, 15) is 9.18 Å². The minimum atomic E-state index is -0.520. The van der Waals surface area contributed by atoms with Crippen LogP contribution in [0.15, 0.2) is 48.5 Å². The largest absolute Gasteiger partial charge is 0.497 e. The minimum absolute atomic E-state index is 0.0221. The Hall–Kier alpha value is -3.00. The summed E-state index contributed by atoms with van der Waals surface area (Å²) in [6.45, 7) is -0.321. The third kappa shape index (κ3) is 4.30. The highest BCUT2D eigenvalue weighted by Gasteiger charge is 2.11. The number of nitrogens with one attached hydrogen (secondary N) is 1. The average Bonchev–Trinajstić information content (AvgIpc) is 3.09. The van der Waals surface area contributed by atoms with Gasteiger partial charge in [0.25, 0.3) is 5.91 Å². The molecule has 1 N–H and O–H groups in total. The number of anilines is 1. The fourth-order valence-electron chi connectivity index (χ4n) is 1.98. The van der Waals surface area contributed by atoms with E-state index in [-0.39, 0.29) is 12.4 Å². The molecular formula is C17H14FN3O3S. The molecule has 8 heteroatoms. The molecule has 25 heavy (non-hydrogen) atoms. The molecule has 128 valence electrons. The number of halogens is 1. The molecule has 0 bridgehead atoms. The number of methoxy groups -OCH3 is 1. The van der Waals surface area contributed by atoms with Crippen LogP contribution in [0.2, 0.25) is 0 Å². The van der Waals surface area contributed by atoms with E-state index in [0.717, 1.165) is 11.3 Å². The van der Waals surface area contributed by atoms with Crippen LogP contribution in [0, 0.1) is 5.82 Å². The lowest BCUT2D eigenvalue weighted by molar-refractivity contribution is -0.118. The number of carbonyl (C=O) groups excluding carboxylic acids is 1. The molecule has 0 spiro atoms. The zero-order valence-electron chi connectivity index (χ0n) is 13.2. The number of hydrogen-bond acceptors (Lipinski definition) is 6. The number of nitrogens with zero attached hydrogens (tertiary/aromatic N) is 2. The van der Waals surface area contributed by atoms with E-state index in [4.69, 9.17) is 9.47 Å². The predicted molar refractivity (Wildman–Crippen MR) is 92.4 cm³/mol. The van der Waals surface area contributed by atoms with Gasteiger partial charge in [0.1, 0.15) is 10.8 Å². The Morgan fingerprint density at radius 3 is 2.64 bits per heavy atom. The maximum absolute atomic E-state index is 13.4. The van der Waals surface area contributed by atoms with Gasteiger partial charge in [0.2, 0.25) is 5.13 Å². The first kappa shape index (κ1) is 16.8. The lowest BCUT2D eigenvalue weighted by atomic mass is 10.2. The van der Waals surface area contributed by atoms with Crippen LogP contribution < -0.4 is 14.8 Å². The predicted octanol–water partition coefficient (Wildman–Crippen LogP) is 3.37. The molecule has 2 aromatic carbocycles. The fourth-order valence-corrected chi connectivity index (χ4v) is 2.75. The highest BCUT2D eigenvalue weighted by molar-refractivity contribution is 7.18. The van der Waals surface area contributed by atoms with E-state index >= 15 is 0 Å². The van der Waals surface area contributed by atoms with Crippen molar-refractivity contribution in [3.63, 3.8) is 0 Å². The quantitative estimate of drug-likeness (QED) is 0.730. The summed E-state index contributed by atoms with van der Waals surface area (Å²) in [4.78, 5) is 11.9. The van der Waals surface area contributed by atoms with E-state index in [1.807, 2.05) is 24.3 Å². The van der Waals surface area contributed by atoms with Gasteiger partial charge in [-0.1, -0.05) is 23.5 Å². The van der Waals surface area contributed by atoms with Crippen LogP contribution in [0.4, 0.5) is 9.52 Å². The van der Waals surface area contributed by atoms with Crippen molar-refractivity contribution >= 4 is 22.4 Å². The van der Waals surface area contributed by atoms with Crippen LogP contribution in [0.25, 0.3) is 10.6 Å². The van der Waals surface area contributed by atoms with Crippen molar-refractivity contribution in [1.82, 2.24) is 10.2 Å². The highest BCUT2D eigenvalue weighted by atomic mass is 32.1. The molecule has 1 heterocycles. The second kappa shape index (κ2) is 7.71. The van der Waals surface area contributed by atoms with Crippen molar-refractivity contribution in [3.8, 4) is 22.1 Å². The smallest absolute Gasteiger partial charge is 0.264 e. The lowest BCUT2D eigenvalue weighted by Gasteiger charge is -2.06. The molecular weight excluding hydrogens is 345 g/mol. The number of aromatic nitrogens is 2. The number of hydrogen-bond donors (Lipinski definition) is 1. The Kier molecular flexibility index (Phi) is 5.20. The first-order valence-electron chi connectivity index (χ1n) is 7.31. The Balaban J connectivity index is 1.59. The van der Waals surface area contributed by atoms with Gasteiger partial charge in [-0.25, -0.2) is 4.39 Å². The molecule has 1 amide bonds. The van der Waals surface area contributed by atoms with Crippen LogP contribution in [0.1, 0.15) is 0 Å². The zero-order chi connectivity index (χ0) is 17.6. The molecule has 0 atom stereocenters. The van der Waals surface area contributed by atoms with Crippen LogP contribution >= 0.6 is 11.3 Å². The minimum Gasteiger partial charge on any atom is -0.497 e. The SMILES string of the molecule is COc1ccc(-c2nnc(NC(=O)COc3ccccc3F)s2)cc1. The van der Waals surface area contributed by atoms with E-state index in [1.54, 1.807) is 19.2 Å². The summed E-state index contributed by atoms with van der Waals surface area (Å²) in [6.07, 6.45) is 0. The Labute approximate surface area is 147 Å². The Morgan fingerprint density at radius 2 is 1.92 bits per heavy atom. The Bertz CT molecular complexity index is 868. The molecule has 3 aromatic rings. The third-order valence-electron chi connectivity index (χ3n) is 3.20. The van der Waals surface area contributed by atoms with E-state index in [2.05, 4.69) is 15.5 Å². The topological polar surface area (TPSA) is 73.3 Å². The first-order valence-corrected chi connectivity index (χ1v) is 8.12. The highest BCUT2D eigenvalue weighted by Crippen LogP contribution is 2.27. The van der Waals surface area contributed by atoms with Crippen molar-refractivity contribution in [2.45, 2.75) is 0 Å².